The molecule has 2 aliphatic carbocycles. The largest absolute Gasteiger partial charge is 0.390 e. The molecule has 248 valence electrons. The average molecular weight is 614 g/mol. The lowest BCUT2D eigenvalue weighted by molar-refractivity contribution is -0.142. The summed E-state index contributed by atoms with van der Waals surface area (Å²) in [6.45, 7) is 8.44. The Kier molecular flexibility index (Phi) is 13.7. The van der Waals surface area contributed by atoms with Crippen LogP contribution >= 0.6 is 0 Å². The zero-order valence-electron chi connectivity index (χ0n) is 28.1. The third kappa shape index (κ3) is 11.5. The van der Waals surface area contributed by atoms with Crippen molar-refractivity contribution in [1.29, 1.82) is 0 Å². The van der Waals surface area contributed by atoms with Crippen molar-refractivity contribution in [1.82, 2.24) is 15.1 Å². The predicted molar refractivity (Wildman–Crippen MR) is 175 cm³/mol. The van der Waals surface area contributed by atoms with Gasteiger partial charge in [0.05, 0.1) is 18.7 Å². The van der Waals surface area contributed by atoms with Gasteiger partial charge in [0, 0.05) is 38.4 Å². The van der Waals surface area contributed by atoms with E-state index in [9.17, 15) is 24.6 Å². The van der Waals surface area contributed by atoms with E-state index in [-0.39, 0.29) is 36.6 Å². The van der Waals surface area contributed by atoms with Crippen LogP contribution in [0.2, 0.25) is 0 Å². The molecule has 1 aromatic rings. The van der Waals surface area contributed by atoms with E-state index in [1.807, 2.05) is 44.2 Å². The van der Waals surface area contributed by atoms with Crippen LogP contribution in [0.1, 0.15) is 104 Å². The molecule has 8 heteroatoms. The van der Waals surface area contributed by atoms with Gasteiger partial charge in [-0.05, 0) is 42.6 Å². The van der Waals surface area contributed by atoms with E-state index in [1.54, 1.807) is 19.0 Å². The molecule has 0 spiro atoms. The van der Waals surface area contributed by atoms with E-state index < -0.39 is 29.6 Å². The summed E-state index contributed by atoms with van der Waals surface area (Å²) in [6, 6.07) is 9.40. The zero-order chi connectivity index (χ0) is 32.4. The molecule has 44 heavy (non-hydrogen) atoms. The molecule has 4 atom stereocenters. The van der Waals surface area contributed by atoms with Crippen molar-refractivity contribution in [3.8, 4) is 0 Å². The van der Waals surface area contributed by atoms with Crippen molar-refractivity contribution in [2.24, 2.45) is 23.7 Å². The topological polar surface area (TPSA) is 110 Å². The van der Waals surface area contributed by atoms with Crippen molar-refractivity contribution in [3.05, 3.63) is 35.9 Å². The summed E-state index contributed by atoms with van der Waals surface area (Å²) < 4.78 is 0. The third-order valence-electron chi connectivity index (χ3n) is 9.58. The monoisotopic (exact) mass is 613 g/mol. The van der Waals surface area contributed by atoms with Gasteiger partial charge in [-0.15, -0.1) is 0 Å². The lowest BCUT2D eigenvalue weighted by Crippen LogP contribution is -2.52. The molecule has 0 aromatic heterocycles. The number of nitrogens with zero attached hydrogens (tertiary/aromatic N) is 2. The maximum Gasteiger partial charge on any atom is 0.241 e. The Morgan fingerprint density at radius 1 is 0.909 bits per heavy atom. The second kappa shape index (κ2) is 16.7. The highest BCUT2D eigenvalue weighted by molar-refractivity contribution is 5.88. The predicted octanol–water partition coefficient (Wildman–Crippen LogP) is 4.91. The fraction of sp³-hybridized carbons (Fsp3) is 0.750. The van der Waals surface area contributed by atoms with Crippen LogP contribution in [-0.2, 0) is 19.8 Å². The van der Waals surface area contributed by atoms with Crippen molar-refractivity contribution >= 4 is 17.7 Å². The Balaban J connectivity index is 1.79. The highest BCUT2D eigenvalue weighted by atomic mass is 16.3. The Labute approximate surface area is 266 Å². The molecular weight excluding hydrogens is 554 g/mol. The summed E-state index contributed by atoms with van der Waals surface area (Å²) in [5.74, 6) is -0.162. The summed E-state index contributed by atoms with van der Waals surface area (Å²) in [4.78, 5) is 43.9. The van der Waals surface area contributed by atoms with E-state index in [0.717, 1.165) is 44.1 Å². The van der Waals surface area contributed by atoms with Gasteiger partial charge < -0.3 is 25.3 Å². The van der Waals surface area contributed by atoms with E-state index in [2.05, 4.69) is 19.2 Å². The number of rotatable bonds is 17. The molecule has 3 rings (SSSR count). The van der Waals surface area contributed by atoms with Crippen LogP contribution < -0.4 is 5.32 Å². The second-order valence-corrected chi connectivity index (χ2v) is 14.9. The Morgan fingerprint density at radius 3 is 2.09 bits per heavy atom. The van der Waals surface area contributed by atoms with Crippen LogP contribution in [0.5, 0.6) is 0 Å². The lowest BCUT2D eigenvalue weighted by Gasteiger charge is -2.35. The van der Waals surface area contributed by atoms with Gasteiger partial charge in [0.25, 0.3) is 0 Å². The molecule has 1 aromatic carbocycles. The fourth-order valence-corrected chi connectivity index (χ4v) is 6.63. The SMILES string of the molecule is CC(C)C[C@H](O)[C@H](O)[C@H](CC1CCCCC1)NC(=O)[C@@H](CC(=O)N(CC(=O)N(C)C)CC(C)(C)c1ccccc1)CC1CC1. The Hall–Kier alpha value is -2.45. The standard InChI is InChI=1S/C36H59N3O5/c1-25(2)19-31(40)34(43)30(21-26-13-9-7-10-14-26)37-35(44)28(20-27-17-18-27)22-32(41)39(23-33(42)38(5)6)24-36(3,4)29-15-11-8-12-16-29/h8,11-12,15-16,25-28,30-31,34,40,43H,7,9-10,13-14,17-24H2,1-6H3,(H,37,44)/t28-,30+,31+,34-/m1/s1. The maximum atomic E-state index is 14.0. The number of aliphatic hydroxyl groups excluding tert-OH is 2. The van der Waals surface area contributed by atoms with E-state index in [1.165, 1.54) is 11.3 Å². The van der Waals surface area contributed by atoms with Crippen LogP contribution in [0.3, 0.4) is 0 Å². The molecule has 0 radical (unpaired) electrons. The van der Waals surface area contributed by atoms with Gasteiger partial charge in [-0.2, -0.15) is 0 Å². The molecular formula is C36H59N3O5. The third-order valence-corrected chi connectivity index (χ3v) is 9.58. The zero-order valence-corrected chi connectivity index (χ0v) is 28.1. The number of benzene rings is 1. The summed E-state index contributed by atoms with van der Waals surface area (Å²) in [5, 5.41) is 25.2. The molecule has 0 saturated heterocycles. The molecule has 0 unspecified atom stereocenters. The van der Waals surface area contributed by atoms with Crippen LogP contribution in [0.4, 0.5) is 0 Å². The second-order valence-electron chi connectivity index (χ2n) is 14.9. The van der Waals surface area contributed by atoms with Gasteiger partial charge in [0.2, 0.25) is 17.7 Å². The minimum atomic E-state index is -1.07. The first-order chi connectivity index (χ1) is 20.8. The Bertz CT molecular complexity index is 1050. The number of carbonyl (C=O) groups is 3. The molecule has 2 saturated carbocycles. The van der Waals surface area contributed by atoms with Crippen molar-refractivity contribution in [2.45, 2.75) is 122 Å². The number of aliphatic hydroxyl groups is 2. The van der Waals surface area contributed by atoms with Crippen LogP contribution in [-0.4, -0.2) is 83.2 Å². The minimum absolute atomic E-state index is 0.00863. The summed E-state index contributed by atoms with van der Waals surface area (Å²) >= 11 is 0. The Morgan fingerprint density at radius 2 is 1.52 bits per heavy atom. The van der Waals surface area contributed by atoms with Crippen molar-refractivity contribution in [3.63, 3.8) is 0 Å². The van der Waals surface area contributed by atoms with Gasteiger partial charge in [0.15, 0.2) is 0 Å². The van der Waals surface area contributed by atoms with E-state index >= 15 is 0 Å². The van der Waals surface area contributed by atoms with Crippen LogP contribution in [0, 0.1) is 23.7 Å². The summed E-state index contributed by atoms with van der Waals surface area (Å²) in [5.41, 5.74) is 0.668. The summed E-state index contributed by atoms with van der Waals surface area (Å²) in [7, 11) is 3.37. The molecule has 0 aliphatic heterocycles. The van der Waals surface area contributed by atoms with Gasteiger partial charge in [-0.3, -0.25) is 14.4 Å². The number of carbonyl (C=O) groups excluding carboxylic acids is 3. The van der Waals surface area contributed by atoms with Gasteiger partial charge in [-0.25, -0.2) is 0 Å². The molecule has 3 N–H and O–H groups in total. The van der Waals surface area contributed by atoms with Gasteiger partial charge in [0.1, 0.15) is 6.10 Å². The van der Waals surface area contributed by atoms with Crippen molar-refractivity contribution in [2.75, 3.05) is 27.2 Å². The number of amides is 3. The number of hydrogen-bond acceptors (Lipinski definition) is 5. The van der Waals surface area contributed by atoms with Crippen LogP contribution in [0.25, 0.3) is 0 Å². The first kappa shape index (κ1) is 36.0. The van der Waals surface area contributed by atoms with Crippen LogP contribution in [0.15, 0.2) is 30.3 Å². The molecule has 3 amide bonds. The molecule has 0 bridgehead atoms. The number of likely N-dealkylation sites (N-methyl/N-ethyl adjacent to an activating group) is 1. The first-order valence-corrected chi connectivity index (χ1v) is 17.0. The number of nitrogens with one attached hydrogen (secondary N) is 1. The molecule has 2 fully saturated rings. The first-order valence-electron chi connectivity index (χ1n) is 17.0. The quantitative estimate of drug-likeness (QED) is 0.231. The highest BCUT2D eigenvalue weighted by Crippen LogP contribution is 2.37. The smallest absolute Gasteiger partial charge is 0.241 e. The normalized spacial score (nSPS) is 18.8. The maximum absolute atomic E-state index is 14.0. The van der Waals surface area contributed by atoms with Gasteiger partial charge >= 0.3 is 0 Å². The summed E-state index contributed by atoms with van der Waals surface area (Å²) in [6.07, 6.45) is 7.43. The minimum Gasteiger partial charge on any atom is -0.390 e. The molecule has 0 heterocycles. The molecule has 2 aliphatic rings. The fourth-order valence-electron chi connectivity index (χ4n) is 6.63. The average Bonchev–Trinajstić information content (AvgIpc) is 3.80. The molecule has 8 nitrogen and oxygen atoms in total. The number of hydrogen-bond donors (Lipinski definition) is 3. The lowest BCUT2D eigenvalue weighted by atomic mass is 9.82. The van der Waals surface area contributed by atoms with Crippen molar-refractivity contribution < 1.29 is 24.6 Å². The van der Waals surface area contributed by atoms with Gasteiger partial charge in [-0.1, -0.05) is 103 Å². The van der Waals surface area contributed by atoms with E-state index in [0.29, 0.717) is 37.6 Å². The highest BCUT2D eigenvalue weighted by Gasteiger charge is 2.37. The van der Waals surface area contributed by atoms with E-state index in [4.69, 9.17) is 0 Å².